The molecule has 3 N–H and O–H groups in total. The van der Waals surface area contributed by atoms with Crippen molar-refractivity contribution in [2.75, 3.05) is 11.5 Å². The van der Waals surface area contributed by atoms with Gasteiger partial charge in [0.25, 0.3) is 5.82 Å². The highest BCUT2D eigenvalue weighted by Crippen LogP contribution is 2.25. The normalized spacial score (nSPS) is 9.91. The number of nitrogens with one attached hydrogen (secondary N) is 1. The van der Waals surface area contributed by atoms with Crippen molar-refractivity contribution in [1.82, 2.24) is 0 Å². The van der Waals surface area contributed by atoms with E-state index in [1.165, 1.54) is 11.8 Å². The van der Waals surface area contributed by atoms with E-state index < -0.39 is 0 Å². The molecule has 1 heterocycles. The van der Waals surface area contributed by atoms with E-state index in [9.17, 15) is 10.1 Å². The summed E-state index contributed by atoms with van der Waals surface area (Å²) >= 11 is 6.97. The van der Waals surface area contributed by atoms with Gasteiger partial charge < -0.3 is 0 Å². The fourth-order valence-electron chi connectivity index (χ4n) is 1.99. The number of nitrogens with two attached hydrogens (primary N) is 1. The predicted octanol–water partition coefficient (Wildman–Crippen LogP) is 2.76. The number of aromatic nitrogens is 1. The fourth-order valence-corrected chi connectivity index (χ4v) is 3.08. The van der Waals surface area contributed by atoms with Gasteiger partial charge in [-0.25, -0.2) is 4.98 Å². The summed E-state index contributed by atoms with van der Waals surface area (Å²) in [6.45, 7) is 1.66. The van der Waals surface area contributed by atoms with E-state index in [-0.39, 0.29) is 22.9 Å². The highest BCUT2D eigenvalue weighted by atomic mass is 35.5. The average Bonchev–Trinajstić information content (AvgIpc) is 2.53. The van der Waals surface area contributed by atoms with Gasteiger partial charge in [-0.15, -0.1) is 0 Å². The Morgan fingerprint density at radius 1 is 1.26 bits per heavy atom. The summed E-state index contributed by atoms with van der Waals surface area (Å²) in [5.41, 5.74) is 7.41. The molecule has 5 nitrogen and oxygen atoms in total. The third-order valence-corrected chi connectivity index (χ3v) is 4.49. The largest absolute Gasteiger partial charge is 0.293 e. The molecule has 0 fully saturated rings. The zero-order chi connectivity index (χ0) is 17.0. The molecule has 0 aliphatic carbocycles. The highest BCUT2D eigenvalue weighted by Gasteiger charge is 2.20. The molecule has 0 saturated carbocycles. The van der Waals surface area contributed by atoms with Crippen molar-refractivity contribution in [2.45, 2.75) is 11.9 Å². The molecule has 2 aromatic rings. The van der Waals surface area contributed by atoms with Crippen molar-refractivity contribution in [3.63, 3.8) is 0 Å². The van der Waals surface area contributed by atoms with Gasteiger partial charge in [-0.3, -0.25) is 10.5 Å². The molecule has 0 aliphatic heterocycles. The Bertz CT molecular complexity index is 850. The molecule has 0 unspecified atom stereocenters. The Balaban J connectivity index is 2.24. The first-order valence-corrected chi connectivity index (χ1v) is 7.91. The summed E-state index contributed by atoms with van der Waals surface area (Å²) in [7, 11) is 0. The number of H-pyrrole nitrogens is 1. The molecule has 2 rings (SSSR count). The molecular weight excluding hydrogens is 332 g/mol. The van der Waals surface area contributed by atoms with Crippen LogP contribution in [0.1, 0.15) is 27.0 Å². The SMILES string of the molecule is Cc1c(C#N)c(N)[nH+]c(SCC(=O)c2ccc(Cl)cc2)c1C#N. The number of carbonyl (C=O) groups excluding carboxylic acids is 1. The van der Waals surface area contributed by atoms with Crippen LogP contribution in [0.5, 0.6) is 0 Å². The van der Waals surface area contributed by atoms with Crippen molar-refractivity contribution in [3.8, 4) is 12.1 Å². The molecule has 1 aromatic carbocycles. The monoisotopic (exact) mass is 343 g/mol. The first-order valence-electron chi connectivity index (χ1n) is 6.55. The standard InChI is InChI=1S/C16H11ClN4OS/c1-9-12(6-18)15(20)21-16(13(9)7-19)23-8-14(22)10-2-4-11(17)5-3-10/h2-5H,8H2,1H3,(H2,20,21)/p+1. The molecule has 0 spiro atoms. The number of anilines is 1. The molecule has 7 heteroatoms. The fraction of sp³-hybridized carbons (Fsp3) is 0.125. The molecule has 23 heavy (non-hydrogen) atoms. The van der Waals surface area contributed by atoms with Crippen molar-refractivity contribution in [3.05, 3.63) is 51.5 Å². The van der Waals surface area contributed by atoms with E-state index >= 15 is 0 Å². The Labute approximate surface area is 142 Å². The molecule has 0 radical (unpaired) electrons. The summed E-state index contributed by atoms with van der Waals surface area (Å²) < 4.78 is 0. The van der Waals surface area contributed by atoms with Crippen LogP contribution < -0.4 is 10.7 Å². The van der Waals surface area contributed by atoms with Crippen LogP contribution in [0.25, 0.3) is 0 Å². The molecule has 0 aliphatic rings. The minimum absolute atomic E-state index is 0.0930. The van der Waals surface area contributed by atoms with Crippen molar-refractivity contribution >= 4 is 35.0 Å². The third-order valence-electron chi connectivity index (χ3n) is 3.23. The number of hydrogen-bond donors (Lipinski definition) is 1. The lowest BCUT2D eigenvalue weighted by molar-refractivity contribution is -0.410. The second-order valence-corrected chi connectivity index (χ2v) is 6.11. The number of halogens is 1. The van der Waals surface area contributed by atoms with Gasteiger partial charge in [0.05, 0.1) is 5.75 Å². The predicted molar refractivity (Wildman–Crippen MR) is 88.1 cm³/mol. The van der Waals surface area contributed by atoms with Crippen LogP contribution >= 0.6 is 23.4 Å². The summed E-state index contributed by atoms with van der Waals surface area (Å²) in [6, 6.07) is 10.6. The third kappa shape index (κ3) is 3.62. The number of rotatable bonds is 4. The smallest absolute Gasteiger partial charge is 0.289 e. The molecule has 0 bridgehead atoms. The zero-order valence-corrected chi connectivity index (χ0v) is 13.8. The zero-order valence-electron chi connectivity index (χ0n) is 12.2. The van der Waals surface area contributed by atoms with Gasteiger partial charge in [-0.1, -0.05) is 23.4 Å². The van der Waals surface area contributed by atoms with E-state index in [1.54, 1.807) is 31.2 Å². The van der Waals surface area contributed by atoms with E-state index in [2.05, 4.69) is 4.98 Å². The average molecular weight is 344 g/mol. The highest BCUT2D eigenvalue weighted by molar-refractivity contribution is 7.99. The summed E-state index contributed by atoms with van der Waals surface area (Å²) in [5.74, 6) is 0.229. The van der Waals surface area contributed by atoms with E-state index in [0.29, 0.717) is 26.7 Å². The first-order chi connectivity index (χ1) is 11.0. The maximum atomic E-state index is 12.2. The number of carbonyl (C=O) groups is 1. The summed E-state index contributed by atoms with van der Waals surface area (Å²) in [6.07, 6.45) is 0. The maximum Gasteiger partial charge on any atom is 0.289 e. The van der Waals surface area contributed by atoms with Crippen LogP contribution in [0.2, 0.25) is 5.02 Å². The van der Waals surface area contributed by atoms with Crippen LogP contribution in [-0.4, -0.2) is 11.5 Å². The van der Waals surface area contributed by atoms with Crippen LogP contribution in [-0.2, 0) is 0 Å². The Morgan fingerprint density at radius 2 is 1.87 bits per heavy atom. The van der Waals surface area contributed by atoms with Gasteiger partial charge in [0, 0.05) is 10.6 Å². The number of nitrogen functional groups attached to an aromatic ring is 1. The topological polar surface area (TPSA) is 105 Å². The van der Waals surface area contributed by atoms with Gasteiger partial charge in [-0.05, 0) is 36.8 Å². The lowest BCUT2D eigenvalue weighted by Crippen LogP contribution is -2.19. The minimum atomic E-state index is -0.0930. The first kappa shape index (κ1) is 16.8. The number of nitrogens with zero attached hydrogens (tertiary/aromatic N) is 2. The van der Waals surface area contributed by atoms with Gasteiger partial charge in [0.2, 0.25) is 0 Å². The van der Waals surface area contributed by atoms with E-state index in [0.717, 1.165) is 0 Å². The number of ketones is 1. The number of nitriles is 2. The molecule has 1 aromatic heterocycles. The molecule has 0 amide bonds. The lowest BCUT2D eigenvalue weighted by Gasteiger charge is -2.06. The van der Waals surface area contributed by atoms with E-state index in [1.807, 2.05) is 12.1 Å². The lowest BCUT2D eigenvalue weighted by atomic mass is 10.1. The number of pyridine rings is 1. The van der Waals surface area contributed by atoms with Crippen LogP contribution in [0.15, 0.2) is 29.3 Å². The Hall–Kier alpha value is -2.54. The van der Waals surface area contributed by atoms with Crippen LogP contribution in [0.4, 0.5) is 5.82 Å². The van der Waals surface area contributed by atoms with Crippen LogP contribution in [0, 0.1) is 29.6 Å². The number of Topliss-reactive ketones (excluding diaryl/α,β-unsaturated/α-hetero) is 1. The molecule has 114 valence electrons. The maximum absolute atomic E-state index is 12.2. The summed E-state index contributed by atoms with van der Waals surface area (Å²) in [4.78, 5) is 15.0. The molecular formula is C16H12ClN4OS+. The number of aromatic amines is 1. The number of hydrogen-bond acceptors (Lipinski definition) is 5. The van der Waals surface area contributed by atoms with Gasteiger partial charge in [0.15, 0.2) is 10.8 Å². The Morgan fingerprint density at radius 3 is 2.43 bits per heavy atom. The molecule has 0 atom stereocenters. The summed E-state index contributed by atoms with van der Waals surface area (Å²) in [5, 5.41) is 19.4. The van der Waals surface area contributed by atoms with Gasteiger partial charge >= 0.3 is 0 Å². The minimum Gasteiger partial charge on any atom is -0.293 e. The van der Waals surface area contributed by atoms with Crippen molar-refractivity contribution in [1.29, 1.82) is 10.5 Å². The quantitative estimate of drug-likeness (QED) is 0.678. The van der Waals surface area contributed by atoms with Gasteiger partial charge in [-0.2, -0.15) is 10.5 Å². The number of benzene rings is 1. The Kier molecular flexibility index (Phi) is 5.23. The van der Waals surface area contributed by atoms with Crippen LogP contribution in [0.3, 0.4) is 0 Å². The second-order valence-electron chi connectivity index (χ2n) is 4.69. The number of thioether (sulfide) groups is 1. The van der Waals surface area contributed by atoms with Gasteiger partial charge in [0.1, 0.15) is 23.3 Å². The van der Waals surface area contributed by atoms with E-state index in [4.69, 9.17) is 22.6 Å². The van der Waals surface area contributed by atoms with Crippen molar-refractivity contribution in [2.24, 2.45) is 0 Å². The van der Waals surface area contributed by atoms with Crippen molar-refractivity contribution < 1.29 is 9.78 Å². The molecule has 0 saturated heterocycles. The second kappa shape index (κ2) is 7.15.